The van der Waals surface area contributed by atoms with Crippen molar-refractivity contribution < 1.29 is 17.9 Å². The number of nitrogens with one attached hydrogen (secondary N) is 1. The van der Waals surface area contributed by atoms with Gasteiger partial charge in [0.05, 0.1) is 11.4 Å². The lowest BCUT2D eigenvalue weighted by atomic mass is 9.86. The van der Waals surface area contributed by atoms with Crippen LogP contribution < -0.4 is 10.1 Å². The Morgan fingerprint density at radius 3 is 2.34 bits per heavy atom. The van der Waals surface area contributed by atoms with Crippen LogP contribution in [-0.4, -0.2) is 44.9 Å². The molecule has 1 amide bonds. The number of hydrogen-bond acceptors (Lipinski definition) is 4. The van der Waals surface area contributed by atoms with E-state index in [-0.39, 0.29) is 22.1 Å². The van der Waals surface area contributed by atoms with Crippen LogP contribution in [0.25, 0.3) is 0 Å². The van der Waals surface area contributed by atoms with Crippen LogP contribution in [0.2, 0.25) is 5.02 Å². The maximum absolute atomic E-state index is 12.8. The maximum atomic E-state index is 12.8. The largest absolute Gasteiger partial charge is 0.491 e. The van der Waals surface area contributed by atoms with Crippen molar-refractivity contribution >= 4 is 27.5 Å². The molecule has 0 saturated carbocycles. The highest BCUT2D eigenvalue weighted by Crippen LogP contribution is 2.31. The van der Waals surface area contributed by atoms with E-state index < -0.39 is 10.0 Å². The number of carbonyl (C=O) groups is 1. The van der Waals surface area contributed by atoms with Gasteiger partial charge in [-0.1, -0.05) is 50.6 Å². The van der Waals surface area contributed by atoms with Gasteiger partial charge in [0.1, 0.15) is 12.4 Å². The summed E-state index contributed by atoms with van der Waals surface area (Å²) in [5.41, 5.74) is 1.10. The van der Waals surface area contributed by atoms with Crippen molar-refractivity contribution in [2.45, 2.75) is 43.9 Å². The lowest BCUT2D eigenvalue weighted by Crippen LogP contribution is -2.43. The van der Waals surface area contributed by atoms with E-state index in [0.717, 1.165) is 11.3 Å². The van der Waals surface area contributed by atoms with E-state index >= 15 is 0 Å². The molecule has 0 aliphatic carbocycles. The number of nitrogens with zero attached hydrogens (tertiary/aromatic N) is 1. The van der Waals surface area contributed by atoms with E-state index in [4.69, 9.17) is 16.3 Å². The average Bonchev–Trinajstić information content (AvgIpc) is 2.76. The van der Waals surface area contributed by atoms with Gasteiger partial charge in [-0.05, 0) is 54.2 Å². The molecule has 174 valence electrons. The summed E-state index contributed by atoms with van der Waals surface area (Å²) in [5.74, 6) is 0.574. The fourth-order valence-corrected chi connectivity index (χ4v) is 5.40. The Labute approximate surface area is 196 Å². The van der Waals surface area contributed by atoms with Crippen LogP contribution in [0.4, 0.5) is 0 Å². The monoisotopic (exact) mass is 478 g/mol. The number of halogens is 1. The number of amides is 1. The molecule has 0 atom stereocenters. The summed E-state index contributed by atoms with van der Waals surface area (Å²) in [7, 11) is -3.57. The number of benzene rings is 2. The lowest BCUT2D eigenvalue weighted by Gasteiger charge is -2.30. The third-order valence-electron chi connectivity index (χ3n) is 5.63. The molecule has 0 aromatic heterocycles. The number of ether oxygens (including phenoxy) is 1. The van der Waals surface area contributed by atoms with Crippen LogP contribution in [0.15, 0.2) is 53.4 Å². The number of rotatable bonds is 7. The third kappa shape index (κ3) is 6.03. The molecule has 0 spiro atoms. The first-order chi connectivity index (χ1) is 15.1. The molecule has 1 aliphatic heterocycles. The highest BCUT2D eigenvalue weighted by molar-refractivity contribution is 7.89. The molecule has 1 fully saturated rings. The van der Waals surface area contributed by atoms with Crippen molar-refractivity contribution in [3.63, 3.8) is 0 Å². The zero-order valence-electron chi connectivity index (χ0n) is 18.8. The molecule has 1 N–H and O–H groups in total. The molecule has 1 saturated heterocycles. The minimum absolute atomic E-state index is 0.0276. The van der Waals surface area contributed by atoms with Gasteiger partial charge < -0.3 is 10.1 Å². The first-order valence-corrected chi connectivity index (χ1v) is 12.7. The highest BCUT2D eigenvalue weighted by atomic mass is 35.5. The van der Waals surface area contributed by atoms with Crippen molar-refractivity contribution in [3.05, 3.63) is 59.1 Å². The first kappa shape index (κ1) is 24.6. The van der Waals surface area contributed by atoms with Gasteiger partial charge in [-0.25, -0.2) is 8.42 Å². The second-order valence-electron chi connectivity index (χ2n) is 9.02. The molecule has 0 unspecified atom stereocenters. The normalized spacial score (nSPS) is 16.0. The summed E-state index contributed by atoms with van der Waals surface area (Å²) >= 11 is 5.85. The fraction of sp³-hybridized carbons (Fsp3) is 0.458. The summed E-state index contributed by atoms with van der Waals surface area (Å²) in [6.07, 6.45) is 0.985. The van der Waals surface area contributed by atoms with Gasteiger partial charge in [-0.2, -0.15) is 4.31 Å². The Morgan fingerprint density at radius 2 is 1.72 bits per heavy atom. The van der Waals surface area contributed by atoms with Crippen molar-refractivity contribution in [1.29, 1.82) is 0 Å². The summed E-state index contributed by atoms with van der Waals surface area (Å²) in [4.78, 5) is 12.8. The zero-order valence-corrected chi connectivity index (χ0v) is 20.4. The summed E-state index contributed by atoms with van der Waals surface area (Å²) in [6, 6.07) is 14.1. The van der Waals surface area contributed by atoms with Gasteiger partial charge in [0.2, 0.25) is 15.9 Å². The molecule has 8 heteroatoms. The summed E-state index contributed by atoms with van der Waals surface area (Å²) < 4.78 is 32.9. The topological polar surface area (TPSA) is 75.7 Å². The number of para-hydroxylation sites is 1. The van der Waals surface area contributed by atoms with Gasteiger partial charge in [0, 0.05) is 24.0 Å². The van der Waals surface area contributed by atoms with Crippen LogP contribution in [0.3, 0.4) is 0 Å². The van der Waals surface area contributed by atoms with E-state index in [1.165, 1.54) is 16.4 Å². The molecule has 3 rings (SSSR count). The average molecular weight is 479 g/mol. The predicted octanol–water partition coefficient (Wildman–Crippen LogP) is 4.23. The van der Waals surface area contributed by atoms with Gasteiger partial charge >= 0.3 is 0 Å². The predicted molar refractivity (Wildman–Crippen MR) is 127 cm³/mol. The van der Waals surface area contributed by atoms with Crippen molar-refractivity contribution in [1.82, 2.24) is 9.62 Å². The van der Waals surface area contributed by atoms with Crippen LogP contribution in [-0.2, 0) is 20.2 Å². The van der Waals surface area contributed by atoms with E-state index in [0.29, 0.717) is 44.1 Å². The molecule has 0 bridgehead atoms. The molecular weight excluding hydrogens is 448 g/mol. The Balaban J connectivity index is 1.46. The Morgan fingerprint density at radius 1 is 1.09 bits per heavy atom. The fourth-order valence-electron chi connectivity index (χ4n) is 3.81. The van der Waals surface area contributed by atoms with Crippen molar-refractivity contribution in [2.75, 3.05) is 26.2 Å². The zero-order chi connectivity index (χ0) is 23.4. The Hall–Kier alpha value is -2.09. The molecule has 2 aromatic rings. The van der Waals surface area contributed by atoms with Crippen molar-refractivity contribution in [3.8, 4) is 5.75 Å². The number of carbonyl (C=O) groups excluding carboxylic acids is 1. The smallest absolute Gasteiger partial charge is 0.243 e. The van der Waals surface area contributed by atoms with Gasteiger partial charge in [-0.15, -0.1) is 0 Å². The number of piperidine rings is 1. The van der Waals surface area contributed by atoms with Crippen LogP contribution in [0.1, 0.15) is 39.2 Å². The number of hydrogen-bond donors (Lipinski definition) is 1. The molecule has 32 heavy (non-hydrogen) atoms. The SMILES string of the molecule is CC(C)(C)c1ccccc1OCCNC(=O)C1CCN(S(=O)(=O)c2ccc(Cl)cc2)CC1. The summed E-state index contributed by atoms with van der Waals surface area (Å²) in [6.45, 7) is 7.82. The summed E-state index contributed by atoms with van der Waals surface area (Å²) in [5, 5.41) is 3.42. The van der Waals surface area contributed by atoms with Crippen LogP contribution in [0.5, 0.6) is 5.75 Å². The van der Waals surface area contributed by atoms with Gasteiger partial charge in [0.15, 0.2) is 0 Å². The maximum Gasteiger partial charge on any atom is 0.243 e. The first-order valence-electron chi connectivity index (χ1n) is 10.8. The number of sulfonamides is 1. The molecule has 0 radical (unpaired) electrons. The van der Waals surface area contributed by atoms with Crippen LogP contribution >= 0.6 is 11.6 Å². The quantitative estimate of drug-likeness (QED) is 0.604. The second-order valence-corrected chi connectivity index (χ2v) is 11.4. The minimum atomic E-state index is -3.57. The molecule has 1 aliphatic rings. The van der Waals surface area contributed by atoms with E-state index in [9.17, 15) is 13.2 Å². The second kappa shape index (κ2) is 10.2. The third-order valence-corrected chi connectivity index (χ3v) is 7.79. The molecule has 2 aromatic carbocycles. The van der Waals surface area contributed by atoms with E-state index in [1.54, 1.807) is 12.1 Å². The molecular formula is C24H31ClN2O4S. The van der Waals surface area contributed by atoms with Crippen LogP contribution in [0, 0.1) is 5.92 Å². The standard InChI is InChI=1S/C24H31ClN2O4S/c1-24(2,3)21-6-4-5-7-22(21)31-17-14-26-23(28)18-12-15-27(16-13-18)32(29,30)20-10-8-19(25)9-11-20/h4-11,18H,12-17H2,1-3H3,(H,26,28). The van der Waals surface area contributed by atoms with Gasteiger partial charge in [0.25, 0.3) is 0 Å². The Kier molecular flexibility index (Phi) is 7.85. The van der Waals surface area contributed by atoms with E-state index in [1.807, 2.05) is 18.2 Å². The molecule has 6 nitrogen and oxygen atoms in total. The van der Waals surface area contributed by atoms with E-state index in [2.05, 4.69) is 32.2 Å². The highest BCUT2D eigenvalue weighted by Gasteiger charge is 2.32. The van der Waals surface area contributed by atoms with Gasteiger partial charge in [-0.3, -0.25) is 4.79 Å². The Bertz CT molecular complexity index is 1020. The minimum Gasteiger partial charge on any atom is -0.491 e. The lowest BCUT2D eigenvalue weighted by molar-refractivity contribution is -0.126. The van der Waals surface area contributed by atoms with Crippen molar-refractivity contribution in [2.24, 2.45) is 5.92 Å². The molecule has 1 heterocycles.